The highest BCUT2D eigenvalue weighted by atomic mass is 19.1. The molecule has 0 saturated carbocycles. The maximum absolute atomic E-state index is 13.2. The number of carbonyl (C=O) groups excluding carboxylic acids is 1. The molecule has 1 atom stereocenters. The first-order valence-electron chi connectivity index (χ1n) is 5.99. The van der Waals surface area contributed by atoms with Gasteiger partial charge in [-0.2, -0.15) is 0 Å². The number of rotatable bonds is 4. The highest BCUT2D eigenvalue weighted by Gasteiger charge is 2.22. The number of nitrogens with one attached hydrogen (secondary N) is 1. The van der Waals surface area contributed by atoms with Gasteiger partial charge in [0.05, 0.1) is 11.8 Å². The van der Waals surface area contributed by atoms with Gasteiger partial charge in [-0.1, -0.05) is 13.8 Å². The van der Waals surface area contributed by atoms with Crippen molar-refractivity contribution in [3.8, 4) is 0 Å². The summed E-state index contributed by atoms with van der Waals surface area (Å²) in [5, 5.41) is 2.80. The van der Waals surface area contributed by atoms with E-state index in [9.17, 15) is 9.18 Å². The molecule has 1 amide bonds. The second-order valence-corrected chi connectivity index (χ2v) is 4.70. The Kier molecular flexibility index (Phi) is 4.64. The van der Waals surface area contributed by atoms with Gasteiger partial charge in [-0.3, -0.25) is 4.79 Å². The zero-order chi connectivity index (χ0) is 13.9. The van der Waals surface area contributed by atoms with Gasteiger partial charge >= 0.3 is 0 Å². The zero-order valence-corrected chi connectivity index (χ0v) is 11.5. The van der Waals surface area contributed by atoms with Crippen LogP contribution in [0.1, 0.15) is 31.1 Å². The van der Waals surface area contributed by atoms with E-state index < -0.39 is 5.82 Å². The van der Waals surface area contributed by atoms with E-state index in [4.69, 9.17) is 0 Å². The first-order chi connectivity index (χ1) is 8.38. The van der Waals surface area contributed by atoms with E-state index in [2.05, 4.69) is 10.3 Å². The van der Waals surface area contributed by atoms with Crippen LogP contribution in [0.3, 0.4) is 0 Å². The topological polar surface area (TPSA) is 45.2 Å². The number of carbonyl (C=O) groups is 1. The van der Waals surface area contributed by atoms with E-state index in [1.165, 1.54) is 6.07 Å². The van der Waals surface area contributed by atoms with Crippen molar-refractivity contribution in [2.24, 2.45) is 5.92 Å². The number of hydrogen-bond donors (Lipinski definition) is 1. The molecule has 0 aromatic carbocycles. The molecular weight excluding hydrogens is 233 g/mol. The summed E-state index contributed by atoms with van der Waals surface area (Å²) in [6.07, 6.45) is 1.09. The van der Waals surface area contributed by atoms with E-state index in [1.807, 2.05) is 20.8 Å². The highest BCUT2D eigenvalue weighted by molar-refractivity contribution is 5.98. The van der Waals surface area contributed by atoms with Gasteiger partial charge in [-0.05, 0) is 18.9 Å². The number of amides is 1. The normalized spacial score (nSPS) is 12.4. The third-order valence-electron chi connectivity index (χ3n) is 3.22. The smallest absolute Gasteiger partial charge is 0.257 e. The summed E-state index contributed by atoms with van der Waals surface area (Å²) in [4.78, 5) is 17.8. The van der Waals surface area contributed by atoms with E-state index in [1.54, 1.807) is 19.0 Å². The fourth-order valence-electron chi connectivity index (χ4n) is 1.62. The molecule has 0 saturated heterocycles. The lowest BCUT2D eigenvalue weighted by Crippen LogP contribution is -2.38. The molecule has 1 heterocycles. The Morgan fingerprint density at radius 1 is 1.44 bits per heavy atom. The van der Waals surface area contributed by atoms with Crippen molar-refractivity contribution >= 4 is 11.7 Å². The second-order valence-electron chi connectivity index (χ2n) is 4.70. The second kappa shape index (κ2) is 5.80. The van der Waals surface area contributed by atoms with E-state index in [0.717, 1.165) is 6.20 Å². The molecule has 0 bridgehead atoms. The number of nitrogens with zero attached hydrogens (tertiary/aromatic N) is 2. The Hall–Kier alpha value is -1.65. The molecule has 0 fully saturated rings. The first kappa shape index (κ1) is 14.4. The molecular formula is C13H20FN3O. The van der Waals surface area contributed by atoms with Crippen LogP contribution >= 0.6 is 0 Å². The van der Waals surface area contributed by atoms with Crippen molar-refractivity contribution in [3.63, 3.8) is 0 Å². The van der Waals surface area contributed by atoms with Gasteiger partial charge in [0.1, 0.15) is 11.6 Å². The standard InChI is InChI=1S/C13H20FN3O/c1-8(2)9(3)17(5)13(18)11-6-10(14)7-16-12(11)15-4/h6-9H,1-5H3,(H,15,16). The lowest BCUT2D eigenvalue weighted by Gasteiger charge is -2.28. The van der Waals surface area contributed by atoms with Crippen LogP contribution in [-0.2, 0) is 0 Å². The van der Waals surface area contributed by atoms with Crippen molar-refractivity contribution in [2.45, 2.75) is 26.8 Å². The van der Waals surface area contributed by atoms with Crippen LogP contribution < -0.4 is 5.32 Å². The van der Waals surface area contributed by atoms with Gasteiger partial charge in [0.2, 0.25) is 0 Å². The van der Waals surface area contributed by atoms with Crippen LogP contribution in [0.5, 0.6) is 0 Å². The lowest BCUT2D eigenvalue weighted by atomic mass is 10.0. The molecule has 18 heavy (non-hydrogen) atoms. The Bertz CT molecular complexity index is 434. The zero-order valence-electron chi connectivity index (χ0n) is 11.5. The Labute approximate surface area is 107 Å². The van der Waals surface area contributed by atoms with E-state index in [0.29, 0.717) is 11.7 Å². The highest BCUT2D eigenvalue weighted by Crippen LogP contribution is 2.18. The monoisotopic (exact) mass is 253 g/mol. The minimum atomic E-state index is -0.511. The summed E-state index contributed by atoms with van der Waals surface area (Å²) < 4.78 is 13.2. The summed E-state index contributed by atoms with van der Waals surface area (Å²) >= 11 is 0. The molecule has 5 heteroatoms. The Balaban J connectivity index is 3.06. The third-order valence-corrected chi connectivity index (χ3v) is 3.22. The average molecular weight is 253 g/mol. The largest absolute Gasteiger partial charge is 0.372 e. The minimum absolute atomic E-state index is 0.0745. The Morgan fingerprint density at radius 2 is 2.06 bits per heavy atom. The van der Waals surface area contributed by atoms with Gasteiger partial charge in [0, 0.05) is 20.1 Å². The molecule has 0 spiro atoms. The van der Waals surface area contributed by atoms with Crippen LogP contribution in [0.15, 0.2) is 12.3 Å². The van der Waals surface area contributed by atoms with E-state index in [-0.39, 0.29) is 17.5 Å². The lowest BCUT2D eigenvalue weighted by molar-refractivity contribution is 0.0707. The molecule has 1 rings (SSSR count). The number of halogens is 1. The SMILES string of the molecule is CNc1ncc(F)cc1C(=O)N(C)C(C)C(C)C. The van der Waals surface area contributed by atoms with Gasteiger partial charge in [0.15, 0.2) is 0 Å². The van der Waals surface area contributed by atoms with Gasteiger partial charge in [-0.25, -0.2) is 9.37 Å². The summed E-state index contributed by atoms with van der Waals surface area (Å²) in [7, 11) is 3.38. The molecule has 0 radical (unpaired) electrons. The maximum atomic E-state index is 13.2. The van der Waals surface area contributed by atoms with Crippen LogP contribution in [-0.4, -0.2) is 35.9 Å². The quantitative estimate of drug-likeness (QED) is 0.896. The molecule has 1 aromatic heterocycles. The van der Waals surface area contributed by atoms with Crippen molar-refractivity contribution in [1.29, 1.82) is 0 Å². The molecule has 0 aliphatic rings. The van der Waals surface area contributed by atoms with Crippen LogP contribution in [0, 0.1) is 11.7 Å². The van der Waals surface area contributed by atoms with Crippen LogP contribution in [0.25, 0.3) is 0 Å². The fraction of sp³-hybridized carbons (Fsp3) is 0.538. The number of aromatic nitrogens is 1. The van der Waals surface area contributed by atoms with Crippen molar-refractivity contribution in [3.05, 3.63) is 23.6 Å². The summed E-state index contributed by atoms with van der Waals surface area (Å²) in [5.41, 5.74) is 0.257. The third kappa shape index (κ3) is 2.97. The van der Waals surface area contributed by atoms with Crippen molar-refractivity contribution < 1.29 is 9.18 Å². The summed E-state index contributed by atoms with van der Waals surface area (Å²) in [6.45, 7) is 6.04. The van der Waals surface area contributed by atoms with Crippen LogP contribution in [0.2, 0.25) is 0 Å². The fourth-order valence-corrected chi connectivity index (χ4v) is 1.62. The summed E-state index contributed by atoms with van der Waals surface area (Å²) in [6, 6.07) is 1.29. The predicted molar refractivity (Wildman–Crippen MR) is 70.1 cm³/mol. The van der Waals surface area contributed by atoms with Gasteiger partial charge < -0.3 is 10.2 Å². The maximum Gasteiger partial charge on any atom is 0.257 e. The molecule has 1 N–H and O–H groups in total. The number of pyridine rings is 1. The minimum Gasteiger partial charge on any atom is -0.372 e. The predicted octanol–water partition coefficient (Wildman–Crippen LogP) is 2.38. The molecule has 0 aliphatic heterocycles. The van der Waals surface area contributed by atoms with Crippen molar-refractivity contribution in [2.75, 3.05) is 19.4 Å². The van der Waals surface area contributed by atoms with Crippen LogP contribution in [0.4, 0.5) is 10.2 Å². The molecule has 1 unspecified atom stereocenters. The number of anilines is 1. The first-order valence-corrected chi connectivity index (χ1v) is 5.99. The van der Waals surface area contributed by atoms with Gasteiger partial charge in [-0.15, -0.1) is 0 Å². The number of hydrogen-bond acceptors (Lipinski definition) is 3. The Morgan fingerprint density at radius 3 is 2.56 bits per heavy atom. The summed E-state index contributed by atoms with van der Waals surface area (Å²) in [5.74, 6) is -0.0155. The molecule has 0 aliphatic carbocycles. The van der Waals surface area contributed by atoms with E-state index >= 15 is 0 Å². The van der Waals surface area contributed by atoms with Crippen molar-refractivity contribution in [1.82, 2.24) is 9.88 Å². The average Bonchev–Trinajstić information content (AvgIpc) is 2.35. The molecule has 1 aromatic rings. The molecule has 4 nitrogen and oxygen atoms in total. The molecule has 100 valence electrons. The van der Waals surface area contributed by atoms with Gasteiger partial charge in [0.25, 0.3) is 5.91 Å².